The van der Waals surface area contributed by atoms with E-state index < -0.39 is 5.54 Å². The van der Waals surface area contributed by atoms with Gasteiger partial charge in [-0.1, -0.05) is 69.4 Å². The lowest BCUT2D eigenvalue weighted by molar-refractivity contribution is 0.117. The lowest BCUT2D eigenvalue weighted by atomic mass is 9.89. The molecule has 0 aliphatic heterocycles. The van der Waals surface area contributed by atoms with Gasteiger partial charge in [-0.2, -0.15) is 5.26 Å². The number of nitrogens with two attached hydrogens (primary N) is 1. The van der Waals surface area contributed by atoms with E-state index in [1.165, 1.54) is 32.1 Å². The summed E-state index contributed by atoms with van der Waals surface area (Å²) in [6.07, 6.45) is 8.08. The number of benzene rings is 1. The molecule has 0 fully saturated rings. The average Bonchev–Trinajstić information content (AvgIpc) is 2.54. The molecule has 0 saturated carbocycles. The van der Waals surface area contributed by atoms with Crippen LogP contribution in [-0.4, -0.2) is 13.2 Å². The van der Waals surface area contributed by atoms with Gasteiger partial charge >= 0.3 is 0 Å². The summed E-state index contributed by atoms with van der Waals surface area (Å²) in [4.78, 5) is 0. The molecule has 116 valence electrons. The van der Waals surface area contributed by atoms with Crippen molar-refractivity contribution >= 4 is 0 Å². The van der Waals surface area contributed by atoms with E-state index in [-0.39, 0.29) is 0 Å². The van der Waals surface area contributed by atoms with Gasteiger partial charge in [0.05, 0.1) is 6.07 Å². The molecule has 0 aromatic heterocycles. The van der Waals surface area contributed by atoms with Crippen molar-refractivity contribution in [2.45, 2.75) is 57.4 Å². The highest BCUT2D eigenvalue weighted by atomic mass is 16.5. The van der Waals surface area contributed by atoms with Crippen molar-refractivity contribution in [3.05, 3.63) is 35.9 Å². The first-order valence-corrected chi connectivity index (χ1v) is 8.06. The molecule has 0 radical (unpaired) electrons. The fourth-order valence-electron chi connectivity index (χ4n) is 2.32. The van der Waals surface area contributed by atoms with Crippen molar-refractivity contribution in [2.75, 3.05) is 13.2 Å². The van der Waals surface area contributed by atoms with E-state index in [0.29, 0.717) is 13.0 Å². The molecule has 0 saturated heterocycles. The van der Waals surface area contributed by atoms with Gasteiger partial charge in [0.15, 0.2) is 0 Å². The van der Waals surface area contributed by atoms with Crippen molar-refractivity contribution in [1.82, 2.24) is 0 Å². The van der Waals surface area contributed by atoms with Crippen molar-refractivity contribution in [2.24, 2.45) is 5.73 Å². The van der Waals surface area contributed by atoms with Gasteiger partial charge in [0.25, 0.3) is 0 Å². The summed E-state index contributed by atoms with van der Waals surface area (Å²) in [5.41, 5.74) is 6.09. The molecule has 3 nitrogen and oxygen atoms in total. The lowest BCUT2D eigenvalue weighted by Gasteiger charge is -2.21. The van der Waals surface area contributed by atoms with Crippen LogP contribution in [0.25, 0.3) is 0 Å². The van der Waals surface area contributed by atoms with Crippen molar-refractivity contribution in [3.8, 4) is 6.07 Å². The summed E-state index contributed by atoms with van der Waals surface area (Å²) >= 11 is 0. The van der Waals surface area contributed by atoms with Gasteiger partial charge < -0.3 is 10.5 Å². The maximum absolute atomic E-state index is 9.33. The third-order valence-electron chi connectivity index (χ3n) is 3.77. The number of unbranched alkanes of at least 4 members (excludes halogenated alkanes) is 5. The van der Waals surface area contributed by atoms with Crippen LogP contribution in [0.3, 0.4) is 0 Å². The van der Waals surface area contributed by atoms with Crippen LogP contribution in [0, 0.1) is 11.3 Å². The number of ether oxygens (including phenoxy) is 1. The lowest BCUT2D eigenvalue weighted by Crippen LogP contribution is -2.36. The number of rotatable bonds is 11. The minimum Gasteiger partial charge on any atom is -0.381 e. The number of hydrogen-bond donors (Lipinski definition) is 1. The zero-order valence-corrected chi connectivity index (χ0v) is 13.2. The van der Waals surface area contributed by atoms with Crippen LogP contribution in [0.1, 0.15) is 57.4 Å². The largest absolute Gasteiger partial charge is 0.381 e. The first-order valence-electron chi connectivity index (χ1n) is 8.06. The highest BCUT2D eigenvalue weighted by Gasteiger charge is 2.26. The Morgan fingerprint density at radius 2 is 1.71 bits per heavy atom. The monoisotopic (exact) mass is 288 g/mol. The molecule has 1 atom stereocenters. The van der Waals surface area contributed by atoms with E-state index in [1.54, 1.807) is 0 Å². The van der Waals surface area contributed by atoms with E-state index in [2.05, 4.69) is 13.0 Å². The molecule has 1 aromatic carbocycles. The fourth-order valence-corrected chi connectivity index (χ4v) is 2.32. The minimum absolute atomic E-state index is 0.531. The maximum Gasteiger partial charge on any atom is 0.132 e. The maximum atomic E-state index is 9.33. The Bertz CT molecular complexity index is 413. The van der Waals surface area contributed by atoms with Crippen LogP contribution < -0.4 is 5.73 Å². The van der Waals surface area contributed by atoms with Gasteiger partial charge in [-0.15, -0.1) is 0 Å². The molecule has 1 rings (SSSR count). The Morgan fingerprint density at radius 3 is 2.38 bits per heavy atom. The van der Waals surface area contributed by atoms with Crippen LogP contribution in [0.15, 0.2) is 30.3 Å². The third kappa shape index (κ3) is 6.75. The van der Waals surface area contributed by atoms with Gasteiger partial charge in [-0.05, 0) is 12.0 Å². The van der Waals surface area contributed by atoms with Crippen LogP contribution in [-0.2, 0) is 10.3 Å². The molecule has 0 aliphatic rings. The van der Waals surface area contributed by atoms with Crippen LogP contribution >= 0.6 is 0 Å². The molecule has 0 amide bonds. The molecule has 3 heteroatoms. The van der Waals surface area contributed by atoms with Crippen molar-refractivity contribution in [3.63, 3.8) is 0 Å². The Labute approximate surface area is 129 Å². The smallest absolute Gasteiger partial charge is 0.132 e. The second-order valence-electron chi connectivity index (χ2n) is 5.58. The number of nitrogens with zero attached hydrogens (tertiary/aromatic N) is 1. The Morgan fingerprint density at radius 1 is 1.05 bits per heavy atom. The van der Waals surface area contributed by atoms with Crippen LogP contribution in [0.5, 0.6) is 0 Å². The summed E-state index contributed by atoms with van der Waals surface area (Å²) in [6, 6.07) is 11.8. The fraction of sp³-hybridized carbons (Fsp3) is 0.611. The summed E-state index contributed by atoms with van der Waals surface area (Å²) in [6.45, 7) is 3.53. The number of nitriles is 1. The van der Waals surface area contributed by atoms with E-state index in [9.17, 15) is 5.26 Å². The van der Waals surface area contributed by atoms with Crippen molar-refractivity contribution in [1.29, 1.82) is 5.26 Å². The predicted octanol–water partition coefficient (Wildman–Crippen LogP) is 4.13. The Hall–Kier alpha value is -1.37. The molecular formula is C18H28N2O. The van der Waals surface area contributed by atoms with E-state index in [0.717, 1.165) is 18.6 Å². The Kier molecular flexibility index (Phi) is 8.73. The van der Waals surface area contributed by atoms with Crippen molar-refractivity contribution < 1.29 is 4.74 Å². The summed E-state index contributed by atoms with van der Waals surface area (Å²) in [5, 5.41) is 9.33. The molecule has 0 spiro atoms. The summed E-state index contributed by atoms with van der Waals surface area (Å²) in [7, 11) is 0. The van der Waals surface area contributed by atoms with Gasteiger partial charge in [0, 0.05) is 19.6 Å². The molecular weight excluding hydrogens is 260 g/mol. The van der Waals surface area contributed by atoms with Gasteiger partial charge in [0.1, 0.15) is 5.54 Å². The first-order chi connectivity index (χ1) is 10.2. The topological polar surface area (TPSA) is 59.0 Å². The zero-order valence-electron chi connectivity index (χ0n) is 13.2. The van der Waals surface area contributed by atoms with Crippen LogP contribution in [0.2, 0.25) is 0 Å². The summed E-state index contributed by atoms with van der Waals surface area (Å²) in [5.74, 6) is 0. The predicted molar refractivity (Wildman–Crippen MR) is 86.7 cm³/mol. The zero-order chi connectivity index (χ0) is 15.4. The molecule has 0 bridgehead atoms. The SMILES string of the molecule is CCCCCCCCOCCC(N)(C#N)c1ccccc1. The average molecular weight is 288 g/mol. The van der Waals surface area contributed by atoms with Crippen LogP contribution in [0.4, 0.5) is 0 Å². The molecule has 1 aromatic rings. The standard InChI is InChI=1S/C18H28N2O/c1-2-3-4-5-6-10-14-21-15-13-18(20,16-19)17-11-8-7-9-12-17/h7-9,11-12H,2-6,10,13-15,20H2,1H3. The quantitative estimate of drug-likeness (QED) is 0.623. The van der Waals surface area contributed by atoms with Gasteiger partial charge in [-0.25, -0.2) is 0 Å². The minimum atomic E-state index is -0.942. The Balaban J connectivity index is 2.17. The second kappa shape index (κ2) is 10.4. The van der Waals surface area contributed by atoms with E-state index in [1.807, 2.05) is 30.3 Å². The van der Waals surface area contributed by atoms with E-state index in [4.69, 9.17) is 10.5 Å². The third-order valence-corrected chi connectivity index (χ3v) is 3.77. The molecule has 1 unspecified atom stereocenters. The van der Waals surface area contributed by atoms with E-state index >= 15 is 0 Å². The molecule has 0 aliphatic carbocycles. The molecule has 0 heterocycles. The number of hydrogen-bond acceptors (Lipinski definition) is 3. The highest BCUT2D eigenvalue weighted by molar-refractivity contribution is 5.30. The summed E-state index contributed by atoms with van der Waals surface area (Å²) < 4.78 is 5.63. The first kappa shape index (κ1) is 17.7. The molecule has 2 N–H and O–H groups in total. The molecule has 21 heavy (non-hydrogen) atoms. The van der Waals surface area contributed by atoms with Gasteiger partial charge in [0.2, 0.25) is 0 Å². The normalized spacial score (nSPS) is 13.6. The van der Waals surface area contributed by atoms with Gasteiger partial charge in [-0.3, -0.25) is 0 Å². The highest BCUT2D eigenvalue weighted by Crippen LogP contribution is 2.21. The second-order valence-corrected chi connectivity index (χ2v) is 5.58.